The SMILES string of the molecule is COc1ccc(-c2nc(N3CCN(C(C)=O)CC3)c3ccncc3n2)cc1. The van der Waals surface area contributed by atoms with Gasteiger partial charge in [-0.15, -0.1) is 0 Å². The van der Waals surface area contributed by atoms with Crippen molar-refractivity contribution in [3.05, 3.63) is 42.7 Å². The van der Waals surface area contributed by atoms with E-state index in [1.165, 1.54) is 0 Å². The highest BCUT2D eigenvalue weighted by Gasteiger charge is 2.22. The highest BCUT2D eigenvalue weighted by atomic mass is 16.5. The summed E-state index contributed by atoms with van der Waals surface area (Å²) in [4.78, 5) is 29.5. The van der Waals surface area contributed by atoms with Crippen LogP contribution in [0.25, 0.3) is 22.3 Å². The Labute approximate surface area is 157 Å². The Bertz CT molecular complexity index is 966. The Kier molecular flexibility index (Phi) is 4.58. The molecule has 1 saturated heterocycles. The molecule has 1 amide bonds. The van der Waals surface area contributed by atoms with Crippen LogP contribution in [-0.4, -0.2) is 59.0 Å². The number of anilines is 1. The largest absolute Gasteiger partial charge is 0.497 e. The van der Waals surface area contributed by atoms with Gasteiger partial charge in [-0.3, -0.25) is 9.78 Å². The Morgan fingerprint density at radius 3 is 2.44 bits per heavy atom. The van der Waals surface area contributed by atoms with Gasteiger partial charge in [0.05, 0.1) is 18.8 Å². The number of carbonyl (C=O) groups excluding carboxylic acids is 1. The molecule has 1 aromatic carbocycles. The number of hydrogen-bond acceptors (Lipinski definition) is 6. The lowest BCUT2D eigenvalue weighted by atomic mass is 10.2. The third kappa shape index (κ3) is 3.40. The van der Waals surface area contributed by atoms with Gasteiger partial charge in [-0.1, -0.05) is 0 Å². The van der Waals surface area contributed by atoms with Crippen molar-refractivity contribution in [2.75, 3.05) is 38.2 Å². The lowest BCUT2D eigenvalue weighted by Gasteiger charge is -2.35. The van der Waals surface area contributed by atoms with Gasteiger partial charge in [-0.2, -0.15) is 0 Å². The van der Waals surface area contributed by atoms with Gasteiger partial charge >= 0.3 is 0 Å². The van der Waals surface area contributed by atoms with E-state index in [2.05, 4.69) is 9.88 Å². The molecule has 3 aromatic rings. The molecular formula is C20H21N5O2. The third-order valence-corrected chi connectivity index (χ3v) is 4.85. The third-order valence-electron chi connectivity index (χ3n) is 4.85. The molecule has 0 atom stereocenters. The summed E-state index contributed by atoms with van der Waals surface area (Å²) in [5.41, 5.74) is 1.73. The molecule has 0 radical (unpaired) electrons. The number of carbonyl (C=O) groups is 1. The van der Waals surface area contributed by atoms with Crippen LogP contribution in [-0.2, 0) is 4.79 Å². The highest BCUT2D eigenvalue weighted by molar-refractivity contribution is 5.90. The zero-order chi connectivity index (χ0) is 18.8. The zero-order valence-electron chi connectivity index (χ0n) is 15.4. The second-order valence-electron chi connectivity index (χ2n) is 6.49. The predicted octanol–water partition coefficient (Wildman–Crippen LogP) is 2.37. The van der Waals surface area contributed by atoms with Crippen LogP contribution >= 0.6 is 0 Å². The number of ether oxygens (including phenoxy) is 1. The smallest absolute Gasteiger partial charge is 0.219 e. The average Bonchev–Trinajstić information content (AvgIpc) is 2.73. The molecule has 7 heteroatoms. The van der Waals surface area contributed by atoms with E-state index in [0.29, 0.717) is 18.9 Å². The topological polar surface area (TPSA) is 71.5 Å². The number of hydrogen-bond donors (Lipinski definition) is 0. The first-order valence-corrected chi connectivity index (χ1v) is 8.92. The van der Waals surface area contributed by atoms with Gasteiger partial charge < -0.3 is 14.5 Å². The molecule has 27 heavy (non-hydrogen) atoms. The van der Waals surface area contributed by atoms with E-state index in [9.17, 15) is 4.79 Å². The van der Waals surface area contributed by atoms with Crippen molar-refractivity contribution in [3.8, 4) is 17.1 Å². The lowest BCUT2D eigenvalue weighted by Crippen LogP contribution is -2.48. The first-order chi connectivity index (χ1) is 13.2. The molecule has 3 heterocycles. The minimum Gasteiger partial charge on any atom is -0.497 e. The minimum atomic E-state index is 0.116. The van der Waals surface area contributed by atoms with Crippen molar-refractivity contribution < 1.29 is 9.53 Å². The summed E-state index contributed by atoms with van der Waals surface area (Å²) >= 11 is 0. The van der Waals surface area contributed by atoms with E-state index < -0.39 is 0 Å². The zero-order valence-corrected chi connectivity index (χ0v) is 15.4. The number of piperazine rings is 1. The predicted molar refractivity (Wildman–Crippen MR) is 104 cm³/mol. The summed E-state index contributed by atoms with van der Waals surface area (Å²) in [6.07, 6.45) is 3.52. The second kappa shape index (κ2) is 7.19. The highest BCUT2D eigenvalue weighted by Crippen LogP contribution is 2.28. The van der Waals surface area contributed by atoms with Crippen molar-refractivity contribution in [1.82, 2.24) is 19.9 Å². The van der Waals surface area contributed by atoms with Gasteiger partial charge in [0, 0.05) is 50.2 Å². The van der Waals surface area contributed by atoms with Crippen molar-refractivity contribution >= 4 is 22.6 Å². The molecule has 4 rings (SSSR count). The molecule has 1 aliphatic rings. The minimum absolute atomic E-state index is 0.116. The first-order valence-electron chi connectivity index (χ1n) is 8.92. The summed E-state index contributed by atoms with van der Waals surface area (Å²) < 4.78 is 5.23. The number of benzene rings is 1. The van der Waals surface area contributed by atoms with Crippen LogP contribution in [0.3, 0.4) is 0 Å². The molecule has 0 spiro atoms. The summed E-state index contributed by atoms with van der Waals surface area (Å²) in [5.74, 6) is 2.45. The maximum atomic E-state index is 11.6. The standard InChI is InChI=1S/C20H21N5O2/c1-14(26)24-9-11-25(12-10-24)20-17-7-8-21-13-18(17)22-19(23-20)15-3-5-16(27-2)6-4-15/h3-8,13H,9-12H2,1-2H3. The van der Waals surface area contributed by atoms with Crippen LogP contribution in [0.1, 0.15) is 6.92 Å². The maximum absolute atomic E-state index is 11.6. The normalized spacial score (nSPS) is 14.4. The van der Waals surface area contributed by atoms with Crippen LogP contribution in [0.4, 0.5) is 5.82 Å². The van der Waals surface area contributed by atoms with Gasteiger partial charge in [-0.05, 0) is 30.3 Å². The van der Waals surface area contributed by atoms with E-state index in [1.807, 2.05) is 35.2 Å². The quantitative estimate of drug-likeness (QED) is 0.711. The molecule has 0 aliphatic carbocycles. The molecule has 7 nitrogen and oxygen atoms in total. The van der Waals surface area contributed by atoms with Gasteiger partial charge in [0.2, 0.25) is 5.91 Å². The van der Waals surface area contributed by atoms with Crippen molar-refractivity contribution in [1.29, 1.82) is 0 Å². The van der Waals surface area contributed by atoms with Crippen LogP contribution in [0.15, 0.2) is 42.7 Å². The van der Waals surface area contributed by atoms with Crippen LogP contribution < -0.4 is 9.64 Å². The van der Waals surface area contributed by atoms with Crippen molar-refractivity contribution in [2.24, 2.45) is 0 Å². The Hall–Kier alpha value is -3.22. The summed E-state index contributed by atoms with van der Waals surface area (Å²) in [7, 11) is 1.64. The van der Waals surface area contributed by atoms with Crippen LogP contribution in [0.5, 0.6) is 5.75 Å². The van der Waals surface area contributed by atoms with E-state index in [1.54, 1.807) is 26.4 Å². The Morgan fingerprint density at radius 1 is 1.04 bits per heavy atom. The number of pyridine rings is 1. The first kappa shape index (κ1) is 17.2. The van der Waals surface area contributed by atoms with Crippen molar-refractivity contribution in [3.63, 3.8) is 0 Å². The number of amides is 1. The van der Waals surface area contributed by atoms with Gasteiger partial charge in [-0.25, -0.2) is 9.97 Å². The number of fused-ring (bicyclic) bond motifs is 1. The lowest BCUT2D eigenvalue weighted by molar-refractivity contribution is -0.129. The van der Waals surface area contributed by atoms with E-state index >= 15 is 0 Å². The van der Waals surface area contributed by atoms with Gasteiger partial charge in [0.25, 0.3) is 0 Å². The molecule has 0 saturated carbocycles. The average molecular weight is 363 g/mol. The fraction of sp³-hybridized carbons (Fsp3) is 0.300. The molecule has 1 fully saturated rings. The molecule has 1 aliphatic heterocycles. The molecule has 0 unspecified atom stereocenters. The number of nitrogens with zero attached hydrogens (tertiary/aromatic N) is 5. The molecule has 0 bridgehead atoms. The Balaban J connectivity index is 1.74. The number of rotatable bonds is 3. The molecule has 138 valence electrons. The summed E-state index contributed by atoms with van der Waals surface area (Å²) in [6, 6.07) is 9.65. The Morgan fingerprint density at radius 2 is 1.78 bits per heavy atom. The fourth-order valence-electron chi connectivity index (χ4n) is 3.31. The number of aromatic nitrogens is 3. The van der Waals surface area contributed by atoms with E-state index in [-0.39, 0.29) is 5.91 Å². The summed E-state index contributed by atoms with van der Waals surface area (Å²) in [5, 5.41) is 0.971. The molecular weight excluding hydrogens is 342 g/mol. The van der Waals surface area contributed by atoms with Crippen LogP contribution in [0.2, 0.25) is 0 Å². The van der Waals surface area contributed by atoms with Gasteiger partial charge in [0.1, 0.15) is 11.6 Å². The monoisotopic (exact) mass is 363 g/mol. The van der Waals surface area contributed by atoms with Gasteiger partial charge in [0.15, 0.2) is 5.82 Å². The fourth-order valence-corrected chi connectivity index (χ4v) is 3.31. The molecule has 2 aromatic heterocycles. The van der Waals surface area contributed by atoms with Crippen LogP contribution in [0, 0.1) is 0 Å². The second-order valence-corrected chi connectivity index (χ2v) is 6.49. The molecule has 0 N–H and O–H groups in total. The maximum Gasteiger partial charge on any atom is 0.219 e. The van der Waals surface area contributed by atoms with E-state index in [4.69, 9.17) is 14.7 Å². The van der Waals surface area contributed by atoms with Crippen molar-refractivity contribution in [2.45, 2.75) is 6.92 Å². The number of methoxy groups -OCH3 is 1. The van der Waals surface area contributed by atoms with E-state index in [0.717, 1.165) is 41.1 Å². The summed E-state index contributed by atoms with van der Waals surface area (Å²) in [6.45, 7) is 4.50.